The highest BCUT2D eigenvalue weighted by molar-refractivity contribution is 6.31. The molecule has 0 aromatic heterocycles. The first-order valence-corrected chi connectivity index (χ1v) is 5.90. The second-order valence-corrected chi connectivity index (χ2v) is 4.74. The number of hydrogen-bond acceptors (Lipinski definition) is 3. The Bertz CT molecular complexity index is 473. The van der Waals surface area contributed by atoms with Crippen LogP contribution in [-0.2, 0) is 10.3 Å². The summed E-state index contributed by atoms with van der Waals surface area (Å²) in [6, 6.07) is 5.76. The zero-order chi connectivity index (χ0) is 13.9. The molecule has 0 radical (unpaired) electrons. The van der Waals surface area contributed by atoms with E-state index in [0.717, 1.165) is 6.07 Å². The molecule has 3 nitrogen and oxygen atoms in total. The third kappa shape index (κ3) is 3.20. The molecule has 1 aromatic carbocycles. The molecular weight excluding hydrogens is 257 g/mol. The van der Waals surface area contributed by atoms with Crippen LogP contribution in [0.3, 0.4) is 0 Å². The van der Waals surface area contributed by atoms with E-state index in [4.69, 9.17) is 16.3 Å². The Hall–Kier alpha value is -1.15. The Morgan fingerprint density at radius 2 is 2.11 bits per heavy atom. The summed E-state index contributed by atoms with van der Waals surface area (Å²) in [5.74, 6) is -0.479. The van der Waals surface area contributed by atoms with Crippen molar-refractivity contribution in [1.82, 2.24) is 0 Å². The summed E-state index contributed by atoms with van der Waals surface area (Å²) in [6.45, 7) is 4.75. The van der Waals surface area contributed by atoms with Gasteiger partial charge in [0.2, 0.25) is 0 Å². The van der Waals surface area contributed by atoms with Crippen LogP contribution in [0.1, 0.15) is 26.3 Å². The van der Waals surface area contributed by atoms with Gasteiger partial charge in [0.1, 0.15) is 11.9 Å². The van der Waals surface area contributed by atoms with Crippen molar-refractivity contribution in [3.05, 3.63) is 34.6 Å². The maximum absolute atomic E-state index is 13.0. The van der Waals surface area contributed by atoms with Crippen LogP contribution in [0, 0.1) is 17.1 Å². The van der Waals surface area contributed by atoms with E-state index in [-0.39, 0.29) is 5.02 Å². The van der Waals surface area contributed by atoms with Crippen molar-refractivity contribution in [2.45, 2.75) is 38.6 Å². The maximum Gasteiger partial charge on any atom is 0.178 e. The van der Waals surface area contributed by atoms with Crippen LogP contribution in [0.5, 0.6) is 0 Å². The highest BCUT2D eigenvalue weighted by Gasteiger charge is 2.33. The zero-order valence-electron chi connectivity index (χ0n) is 10.4. The third-order valence-electron chi connectivity index (χ3n) is 2.76. The second kappa shape index (κ2) is 5.66. The van der Waals surface area contributed by atoms with Crippen LogP contribution in [0.4, 0.5) is 4.39 Å². The van der Waals surface area contributed by atoms with Gasteiger partial charge in [-0.3, -0.25) is 0 Å². The molecule has 0 saturated carbocycles. The molecule has 3 atom stereocenters. The van der Waals surface area contributed by atoms with Gasteiger partial charge in [-0.2, -0.15) is 5.26 Å². The molecule has 0 saturated heterocycles. The maximum atomic E-state index is 13.0. The smallest absolute Gasteiger partial charge is 0.178 e. The molecule has 1 rings (SSSR count). The Morgan fingerprint density at radius 1 is 1.50 bits per heavy atom. The van der Waals surface area contributed by atoms with E-state index in [1.54, 1.807) is 13.8 Å². The van der Waals surface area contributed by atoms with Crippen molar-refractivity contribution in [2.75, 3.05) is 0 Å². The summed E-state index contributed by atoms with van der Waals surface area (Å²) in [4.78, 5) is 0. The van der Waals surface area contributed by atoms with E-state index in [1.807, 2.05) is 6.07 Å². The quantitative estimate of drug-likeness (QED) is 0.916. The molecule has 1 N–H and O–H groups in total. The number of ether oxygens (including phenoxy) is 1. The van der Waals surface area contributed by atoms with Crippen LogP contribution < -0.4 is 0 Å². The SMILES string of the molecule is CC(O)C(C)OC(C)(C#N)c1ccc(F)cc1Cl. The lowest BCUT2D eigenvalue weighted by Crippen LogP contribution is -2.34. The minimum atomic E-state index is -1.33. The first-order valence-electron chi connectivity index (χ1n) is 5.53. The van der Waals surface area contributed by atoms with Crippen LogP contribution in [0.15, 0.2) is 18.2 Å². The van der Waals surface area contributed by atoms with Crippen molar-refractivity contribution in [3.8, 4) is 6.07 Å². The molecule has 1 aromatic rings. The van der Waals surface area contributed by atoms with Crippen molar-refractivity contribution in [3.63, 3.8) is 0 Å². The van der Waals surface area contributed by atoms with E-state index < -0.39 is 23.6 Å². The first-order chi connectivity index (χ1) is 8.30. The first kappa shape index (κ1) is 14.9. The molecule has 0 aliphatic rings. The number of halogens is 2. The normalized spacial score (nSPS) is 17.6. The highest BCUT2D eigenvalue weighted by atomic mass is 35.5. The van der Waals surface area contributed by atoms with Gasteiger partial charge >= 0.3 is 0 Å². The highest BCUT2D eigenvalue weighted by Crippen LogP contribution is 2.32. The average molecular weight is 272 g/mol. The van der Waals surface area contributed by atoms with Gasteiger partial charge in [0.25, 0.3) is 0 Å². The standard InChI is InChI=1S/C13H15ClFNO2/c1-8(17)9(2)18-13(3,7-16)11-5-4-10(15)6-12(11)14/h4-6,8-9,17H,1-3H3. The molecule has 18 heavy (non-hydrogen) atoms. The van der Waals surface area contributed by atoms with Crippen LogP contribution in [-0.4, -0.2) is 17.3 Å². The van der Waals surface area contributed by atoms with Crippen LogP contribution in [0.25, 0.3) is 0 Å². The number of benzene rings is 1. The van der Waals surface area contributed by atoms with E-state index in [0.29, 0.717) is 5.56 Å². The topological polar surface area (TPSA) is 53.2 Å². The summed E-state index contributed by atoms with van der Waals surface area (Å²) in [5.41, 5.74) is -0.957. The minimum Gasteiger partial charge on any atom is -0.391 e. The summed E-state index contributed by atoms with van der Waals surface area (Å²) in [7, 11) is 0. The molecule has 0 aliphatic heterocycles. The van der Waals surface area contributed by atoms with E-state index in [2.05, 4.69) is 0 Å². The molecule has 0 bridgehead atoms. The van der Waals surface area contributed by atoms with E-state index >= 15 is 0 Å². The fourth-order valence-electron chi connectivity index (χ4n) is 1.50. The van der Waals surface area contributed by atoms with Gasteiger partial charge in [0, 0.05) is 5.56 Å². The lowest BCUT2D eigenvalue weighted by atomic mass is 9.96. The summed E-state index contributed by atoms with van der Waals surface area (Å²) in [5, 5.41) is 18.8. The lowest BCUT2D eigenvalue weighted by Gasteiger charge is -2.29. The van der Waals surface area contributed by atoms with Gasteiger partial charge in [-0.25, -0.2) is 4.39 Å². The van der Waals surface area contributed by atoms with Gasteiger partial charge in [-0.15, -0.1) is 0 Å². The largest absolute Gasteiger partial charge is 0.391 e. The molecule has 5 heteroatoms. The number of hydrogen-bond donors (Lipinski definition) is 1. The fourth-order valence-corrected chi connectivity index (χ4v) is 1.84. The molecule has 98 valence electrons. The molecule has 0 amide bonds. The van der Waals surface area contributed by atoms with E-state index in [9.17, 15) is 14.8 Å². The van der Waals surface area contributed by atoms with Gasteiger partial charge in [0.05, 0.1) is 17.2 Å². The Kier molecular flexibility index (Phi) is 4.69. The predicted molar refractivity (Wildman–Crippen MR) is 66.6 cm³/mol. The minimum absolute atomic E-state index is 0.122. The monoisotopic (exact) mass is 271 g/mol. The predicted octanol–water partition coefficient (Wildman–Crippen LogP) is 3.00. The Morgan fingerprint density at radius 3 is 2.56 bits per heavy atom. The Balaban J connectivity index is 3.12. The lowest BCUT2D eigenvalue weighted by molar-refractivity contribution is -0.0908. The second-order valence-electron chi connectivity index (χ2n) is 4.33. The van der Waals surface area contributed by atoms with Gasteiger partial charge < -0.3 is 9.84 Å². The van der Waals surface area contributed by atoms with Crippen LogP contribution >= 0.6 is 11.6 Å². The summed E-state index contributed by atoms with van der Waals surface area (Å²) in [6.07, 6.45) is -1.27. The number of nitrogens with zero attached hydrogens (tertiary/aromatic N) is 1. The van der Waals surface area contributed by atoms with Crippen molar-refractivity contribution >= 4 is 11.6 Å². The molecule has 0 aliphatic carbocycles. The number of rotatable bonds is 4. The molecule has 0 fully saturated rings. The summed E-state index contributed by atoms with van der Waals surface area (Å²) < 4.78 is 18.5. The van der Waals surface area contributed by atoms with Gasteiger partial charge in [-0.05, 0) is 32.9 Å². The van der Waals surface area contributed by atoms with Gasteiger partial charge in [-0.1, -0.05) is 17.7 Å². The number of aliphatic hydroxyl groups is 1. The molecule has 0 heterocycles. The van der Waals surface area contributed by atoms with Gasteiger partial charge in [0.15, 0.2) is 5.60 Å². The average Bonchev–Trinajstić information content (AvgIpc) is 2.28. The van der Waals surface area contributed by atoms with E-state index in [1.165, 1.54) is 19.1 Å². The number of aliphatic hydroxyl groups excluding tert-OH is 1. The fraction of sp³-hybridized carbons (Fsp3) is 0.462. The summed E-state index contributed by atoms with van der Waals surface area (Å²) >= 11 is 5.92. The zero-order valence-corrected chi connectivity index (χ0v) is 11.2. The van der Waals surface area contributed by atoms with Crippen molar-refractivity contribution in [1.29, 1.82) is 5.26 Å². The molecule has 3 unspecified atom stereocenters. The van der Waals surface area contributed by atoms with Crippen LogP contribution in [0.2, 0.25) is 5.02 Å². The number of nitriles is 1. The Labute approximate surface area is 111 Å². The van der Waals surface area contributed by atoms with Crippen molar-refractivity contribution < 1.29 is 14.2 Å². The third-order valence-corrected chi connectivity index (χ3v) is 3.07. The molecular formula is C13H15ClFNO2. The molecule has 0 spiro atoms. The van der Waals surface area contributed by atoms with Crippen molar-refractivity contribution in [2.24, 2.45) is 0 Å².